The van der Waals surface area contributed by atoms with Crippen LogP contribution >= 0.6 is 0 Å². The van der Waals surface area contributed by atoms with Crippen molar-refractivity contribution in [2.45, 2.75) is 13.0 Å². The Morgan fingerprint density at radius 3 is 2.62 bits per heavy atom. The summed E-state index contributed by atoms with van der Waals surface area (Å²) in [6, 6.07) is 16.0. The predicted octanol–water partition coefficient (Wildman–Crippen LogP) is 2.09. The molecule has 1 aliphatic heterocycles. The van der Waals surface area contributed by atoms with Gasteiger partial charge in [0.05, 0.1) is 18.0 Å². The summed E-state index contributed by atoms with van der Waals surface area (Å²) in [6.07, 6.45) is 0.596. The minimum absolute atomic E-state index is 0.142. The summed E-state index contributed by atoms with van der Waals surface area (Å²) < 4.78 is 25.3. The molecule has 1 N–H and O–H groups in total. The number of amides is 1. The monoisotopic (exact) mass is 346 g/mol. The van der Waals surface area contributed by atoms with E-state index in [0.717, 1.165) is 5.56 Å². The van der Waals surface area contributed by atoms with Gasteiger partial charge >= 0.3 is 0 Å². The summed E-state index contributed by atoms with van der Waals surface area (Å²) in [7, 11) is -3.27. The Morgan fingerprint density at radius 1 is 1.12 bits per heavy atom. The average Bonchev–Trinajstić information content (AvgIpc) is 2.95. The number of hydrogen-bond acceptors (Lipinski definition) is 4. The van der Waals surface area contributed by atoms with Crippen LogP contribution < -0.4 is 9.79 Å². The highest BCUT2D eigenvalue weighted by Gasteiger charge is 2.28. The lowest BCUT2D eigenvalue weighted by Crippen LogP contribution is -2.26. The Bertz CT molecular complexity index is 821. The number of nitrogens with one attached hydrogen (secondary N) is 1. The summed E-state index contributed by atoms with van der Waals surface area (Å²) >= 11 is 0. The van der Waals surface area contributed by atoms with Crippen LogP contribution in [-0.2, 0) is 21.5 Å². The van der Waals surface area contributed by atoms with Crippen LogP contribution in [0.5, 0.6) is 0 Å². The fourth-order valence-corrected chi connectivity index (χ4v) is 4.11. The number of carbonyl (C=O) groups is 1. The molecule has 0 aromatic heterocycles. The zero-order valence-corrected chi connectivity index (χ0v) is 13.8. The van der Waals surface area contributed by atoms with Crippen LogP contribution in [0.2, 0.25) is 0 Å². The van der Waals surface area contributed by atoms with Crippen molar-refractivity contribution in [3.63, 3.8) is 0 Å². The van der Waals surface area contributed by atoms with Crippen LogP contribution in [0.4, 0.5) is 5.69 Å². The van der Waals surface area contributed by atoms with Crippen molar-refractivity contribution in [3.05, 3.63) is 65.7 Å². The molecule has 1 saturated heterocycles. The van der Waals surface area contributed by atoms with Crippen LogP contribution in [-0.4, -0.2) is 26.6 Å². The highest BCUT2D eigenvalue weighted by Crippen LogP contribution is 2.24. The van der Waals surface area contributed by atoms with Crippen molar-refractivity contribution in [3.8, 4) is 0 Å². The SMILES string of the molecule is O=C(NOCc1ccccc1)c1cccc(N2CCCS2(=O)=O)c1. The Morgan fingerprint density at radius 2 is 1.92 bits per heavy atom. The van der Waals surface area contributed by atoms with Gasteiger partial charge < -0.3 is 0 Å². The van der Waals surface area contributed by atoms with Crippen LogP contribution in [0.3, 0.4) is 0 Å². The predicted molar refractivity (Wildman–Crippen MR) is 90.9 cm³/mol. The molecule has 0 atom stereocenters. The van der Waals surface area contributed by atoms with Crippen molar-refractivity contribution < 1.29 is 18.0 Å². The van der Waals surface area contributed by atoms with E-state index in [4.69, 9.17) is 4.84 Å². The molecule has 1 amide bonds. The zero-order chi connectivity index (χ0) is 17.0. The summed E-state index contributed by atoms with van der Waals surface area (Å²) in [6.45, 7) is 0.699. The van der Waals surface area contributed by atoms with Gasteiger partial charge in [-0.15, -0.1) is 0 Å². The molecule has 0 bridgehead atoms. The second-order valence-electron chi connectivity index (χ2n) is 5.50. The van der Waals surface area contributed by atoms with E-state index in [1.165, 1.54) is 4.31 Å². The van der Waals surface area contributed by atoms with Crippen LogP contribution in [0, 0.1) is 0 Å². The minimum atomic E-state index is -3.27. The van der Waals surface area contributed by atoms with Crippen molar-refractivity contribution in [2.75, 3.05) is 16.6 Å². The standard InChI is InChI=1S/C17H18N2O4S/c20-17(18-23-13-14-6-2-1-3-7-14)15-8-4-9-16(12-15)19-10-5-11-24(19,21)22/h1-4,6-9,12H,5,10-11,13H2,(H,18,20). The number of carbonyl (C=O) groups excluding carboxylic acids is 1. The van der Waals surface area contributed by atoms with E-state index in [2.05, 4.69) is 5.48 Å². The third-order valence-electron chi connectivity index (χ3n) is 3.74. The number of hydroxylamine groups is 1. The van der Waals surface area contributed by atoms with Gasteiger partial charge in [-0.05, 0) is 30.2 Å². The lowest BCUT2D eigenvalue weighted by molar-refractivity contribution is 0.0233. The normalized spacial score (nSPS) is 16.1. The average molecular weight is 346 g/mol. The molecule has 1 aliphatic rings. The van der Waals surface area contributed by atoms with Crippen molar-refractivity contribution in [1.82, 2.24) is 5.48 Å². The number of nitrogens with zero attached hydrogens (tertiary/aromatic N) is 1. The van der Waals surface area contributed by atoms with E-state index in [-0.39, 0.29) is 12.4 Å². The zero-order valence-electron chi connectivity index (χ0n) is 13.0. The van der Waals surface area contributed by atoms with Crippen LogP contribution in [0.15, 0.2) is 54.6 Å². The quantitative estimate of drug-likeness (QED) is 0.841. The Hall–Kier alpha value is -2.38. The molecule has 24 heavy (non-hydrogen) atoms. The van der Waals surface area contributed by atoms with Gasteiger partial charge in [0, 0.05) is 12.1 Å². The number of benzene rings is 2. The molecule has 2 aromatic carbocycles. The first-order valence-corrected chi connectivity index (χ1v) is 9.24. The van der Waals surface area contributed by atoms with E-state index in [0.29, 0.717) is 24.2 Å². The smallest absolute Gasteiger partial charge is 0.270 e. The van der Waals surface area contributed by atoms with E-state index >= 15 is 0 Å². The van der Waals surface area contributed by atoms with Gasteiger partial charge in [0.2, 0.25) is 10.0 Å². The molecular weight excluding hydrogens is 328 g/mol. The Labute approximate surface area is 141 Å². The first-order valence-electron chi connectivity index (χ1n) is 7.63. The molecule has 0 spiro atoms. The maximum Gasteiger partial charge on any atom is 0.274 e. The van der Waals surface area contributed by atoms with Gasteiger partial charge in [0.1, 0.15) is 0 Å². The van der Waals surface area contributed by atoms with Gasteiger partial charge in [-0.2, -0.15) is 0 Å². The van der Waals surface area contributed by atoms with Crippen LogP contribution in [0.25, 0.3) is 0 Å². The molecule has 0 aliphatic carbocycles. The van der Waals surface area contributed by atoms with Gasteiger partial charge in [-0.25, -0.2) is 13.9 Å². The highest BCUT2D eigenvalue weighted by atomic mass is 32.2. The third-order valence-corrected chi connectivity index (χ3v) is 5.61. The van der Waals surface area contributed by atoms with E-state index in [1.54, 1.807) is 24.3 Å². The largest absolute Gasteiger partial charge is 0.274 e. The maximum atomic E-state index is 12.2. The molecular formula is C17H18N2O4S. The first-order chi connectivity index (χ1) is 11.6. The molecule has 0 saturated carbocycles. The lowest BCUT2D eigenvalue weighted by Gasteiger charge is -2.17. The molecule has 1 fully saturated rings. The molecule has 0 unspecified atom stereocenters. The maximum absolute atomic E-state index is 12.2. The van der Waals surface area contributed by atoms with E-state index in [9.17, 15) is 13.2 Å². The van der Waals surface area contributed by atoms with Gasteiger partial charge in [0.15, 0.2) is 0 Å². The van der Waals surface area contributed by atoms with Gasteiger partial charge in [0.25, 0.3) is 5.91 Å². The molecule has 0 radical (unpaired) electrons. The van der Waals surface area contributed by atoms with E-state index < -0.39 is 15.9 Å². The third kappa shape index (κ3) is 3.74. The molecule has 6 nitrogen and oxygen atoms in total. The van der Waals surface area contributed by atoms with Gasteiger partial charge in [-0.3, -0.25) is 13.9 Å². The Balaban J connectivity index is 1.64. The van der Waals surface area contributed by atoms with Gasteiger partial charge in [-0.1, -0.05) is 36.4 Å². The number of hydrogen-bond donors (Lipinski definition) is 1. The van der Waals surface area contributed by atoms with E-state index in [1.807, 2.05) is 30.3 Å². The lowest BCUT2D eigenvalue weighted by atomic mass is 10.2. The summed E-state index contributed by atoms with van der Waals surface area (Å²) in [5.74, 6) is -0.270. The van der Waals surface area contributed by atoms with Crippen LogP contribution in [0.1, 0.15) is 22.3 Å². The van der Waals surface area contributed by atoms with Crippen molar-refractivity contribution >= 4 is 21.6 Å². The summed E-state index contributed by atoms with van der Waals surface area (Å²) in [4.78, 5) is 17.4. The highest BCUT2D eigenvalue weighted by molar-refractivity contribution is 7.93. The Kier molecular flexibility index (Phi) is 4.82. The van der Waals surface area contributed by atoms with Crippen molar-refractivity contribution in [1.29, 1.82) is 0 Å². The number of rotatable bonds is 5. The number of anilines is 1. The molecule has 2 aromatic rings. The van der Waals surface area contributed by atoms with Crippen molar-refractivity contribution in [2.24, 2.45) is 0 Å². The number of sulfonamides is 1. The molecule has 126 valence electrons. The molecule has 3 rings (SSSR count). The summed E-state index contributed by atoms with van der Waals surface area (Å²) in [5, 5.41) is 0. The topological polar surface area (TPSA) is 75.7 Å². The molecule has 7 heteroatoms. The molecule has 1 heterocycles. The second kappa shape index (κ2) is 7.02. The second-order valence-corrected chi connectivity index (χ2v) is 7.51. The fraction of sp³-hybridized carbons (Fsp3) is 0.235. The summed E-state index contributed by atoms with van der Waals surface area (Å²) in [5.41, 5.74) is 4.17. The first kappa shape index (κ1) is 16.5. The fourth-order valence-electron chi connectivity index (χ4n) is 2.55. The minimum Gasteiger partial charge on any atom is -0.270 e.